The Morgan fingerprint density at radius 2 is 2.45 bits per heavy atom. The van der Waals surface area contributed by atoms with E-state index in [1.165, 1.54) is 0 Å². The van der Waals surface area contributed by atoms with E-state index in [1.807, 2.05) is 0 Å². The van der Waals surface area contributed by atoms with Crippen molar-refractivity contribution in [2.75, 3.05) is 0 Å². The van der Waals surface area contributed by atoms with Crippen molar-refractivity contribution in [1.82, 2.24) is 5.32 Å². The van der Waals surface area contributed by atoms with Crippen LogP contribution >= 0.6 is 0 Å². The van der Waals surface area contributed by atoms with Gasteiger partial charge in [-0.2, -0.15) is 0 Å². The van der Waals surface area contributed by atoms with Crippen LogP contribution in [0.2, 0.25) is 0 Å². The summed E-state index contributed by atoms with van der Waals surface area (Å²) in [5.41, 5.74) is 5.49. The molecule has 3 nitrogen and oxygen atoms in total. The number of rotatable bonds is 3. The van der Waals surface area contributed by atoms with Crippen LogP contribution < -0.4 is 11.1 Å². The highest BCUT2D eigenvalue weighted by Crippen LogP contribution is 2.17. The second kappa shape index (κ2) is 3.40. The smallest absolute Gasteiger partial charge is 0.221 e. The standard InChI is InChI=1S/C8H12N2O/c1-2-3-4-8(11)10-7-5-6(7)9/h1,6-7H,3-5,9H2,(H,10,11). The third-order valence-electron chi connectivity index (χ3n) is 1.68. The molecule has 0 aromatic rings. The minimum absolute atomic E-state index is 0.0147. The summed E-state index contributed by atoms with van der Waals surface area (Å²) in [6.45, 7) is 0. The van der Waals surface area contributed by atoms with Crippen LogP contribution in [0.15, 0.2) is 0 Å². The highest BCUT2D eigenvalue weighted by Gasteiger charge is 2.34. The number of carbonyl (C=O) groups is 1. The minimum Gasteiger partial charge on any atom is -0.352 e. The molecule has 0 aromatic heterocycles. The van der Waals surface area contributed by atoms with Gasteiger partial charge in [-0.3, -0.25) is 4.79 Å². The normalized spacial score (nSPS) is 27.3. The quantitative estimate of drug-likeness (QED) is 0.541. The van der Waals surface area contributed by atoms with Gasteiger partial charge in [0.25, 0.3) is 0 Å². The molecule has 2 atom stereocenters. The van der Waals surface area contributed by atoms with Crippen LogP contribution in [0.5, 0.6) is 0 Å². The van der Waals surface area contributed by atoms with Crippen molar-refractivity contribution in [2.45, 2.75) is 31.3 Å². The van der Waals surface area contributed by atoms with Gasteiger partial charge in [0, 0.05) is 24.9 Å². The van der Waals surface area contributed by atoms with Gasteiger partial charge in [-0.15, -0.1) is 12.3 Å². The van der Waals surface area contributed by atoms with Crippen molar-refractivity contribution in [1.29, 1.82) is 0 Å². The predicted molar refractivity (Wildman–Crippen MR) is 42.6 cm³/mol. The number of hydrogen-bond acceptors (Lipinski definition) is 2. The van der Waals surface area contributed by atoms with Gasteiger partial charge in [-0.1, -0.05) is 0 Å². The fourth-order valence-corrected chi connectivity index (χ4v) is 0.845. The number of amides is 1. The maximum absolute atomic E-state index is 10.9. The van der Waals surface area contributed by atoms with Crippen molar-refractivity contribution < 1.29 is 4.79 Å². The largest absolute Gasteiger partial charge is 0.352 e. The van der Waals surface area contributed by atoms with E-state index >= 15 is 0 Å². The average molecular weight is 152 g/mol. The van der Waals surface area contributed by atoms with E-state index in [-0.39, 0.29) is 18.0 Å². The molecule has 3 heteroatoms. The molecule has 1 aliphatic rings. The van der Waals surface area contributed by atoms with Crippen molar-refractivity contribution in [3.8, 4) is 12.3 Å². The monoisotopic (exact) mass is 152 g/mol. The third kappa shape index (κ3) is 2.60. The van der Waals surface area contributed by atoms with E-state index in [4.69, 9.17) is 12.2 Å². The van der Waals surface area contributed by atoms with Crippen molar-refractivity contribution in [3.05, 3.63) is 0 Å². The predicted octanol–water partition coefficient (Wildman–Crippen LogP) is -0.384. The average Bonchev–Trinajstić information content (AvgIpc) is 2.62. The molecule has 1 aliphatic carbocycles. The lowest BCUT2D eigenvalue weighted by Crippen LogP contribution is -2.29. The van der Waals surface area contributed by atoms with Crippen LogP contribution in [-0.4, -0.2) is 18.0 Å². The zero-order valence-electron chi connectivity index (χ0n) is 6.34. The van der Waals surface area contributed by atoms with Crippen LogP contribution in [0.4, 0.5) is 0 Å². The summed E-state index contributed by atoms with van der Waals surface area (Å²) >= 11 is 0. The Bertz CT molecular complexity index is 195. The number of hydrogen-bond donors (Lipinski definition) is 2. The summed E-state index contributed by atoms with van der Waals surface area (Å²) in [4.78, 5) is 10.9. The van der Waals surface area contributed by atoms with Crippen LogP contribution in [0.3, 0.4) is 0 Å². The highest BCUT2D eigenvalue weighted by molar-refractivity contribution is 5.77. The van der Waals surface area contributed by atoms with Gasteiger partial charge in [0.1, 0.15) is 0 Å². The molecule has 0 aliphatic heterocycles. The summed E-state index contributed by atoms with van der Waals surface area (Å²) in [7, 11) is 0. The first-order chi connectivity index (χ1) is 5.24. The first-order valence-corrected chi connectivity index (χ1v) is 3.72. The van der Waals surface area contributed by atoms with Crippen LogP contribution in [-0.2, 0) is 4.79 Å². The van der Waals surface area contributed by atoms with E-state index in [0.717, 1.165) is 6.42 Å². The second-order valence-corrected chi connectivity index (χ2v) is 2.78. The van der Waals surface area contributed by atoms with E-state index in [2.05, 4.69) is 11.2 Å². The zero-order chi connectivity index (χ0) is 8.27. The van der Waals surface area contributed by atoms with Crippen molar-refractivity contribution >= 4 is 5.91 Å². The molecule has 2 unspecified atom stereocenters. The fourth-order valence-electron chi connectivity index (χ4n) is 0.845. The molecule has 60 valence electrons. The summed E-state index contributed by atoms with van der Waals surface area (Å²) in [5, 5.41) is 2.78. The Balaban J connectivity index is 2.08. The molecule has 1 fully saturated rings. The first kappa shape index (κ1) is 8.09. The van der Waals surface area contributed by atoms with Gasteiger partial charge < -0.3 is 11.1 Å². The fraction of sp³-hybridized carbons (Fsp3) is 0.625. The van der Waals surface area contributed by atoms with E-state index < -0.39 is 0 Å². The first-order valence-electron chi connectivity index (χ1n) is 3.72. The van der Waals surface area contributed by atoms with Crippen molar-refractivity contribution in [2.24, 2.45) is 5.73 Å². The Hall–Kier alpha value is -1.01. The number of carbonyl (C=O) groups excluding carboxylic acids is 1. The lowest BCUT2D eigenvalue weighted by atomic mass is 10.3. The van der Waals surface area contributed by atoms with Crippen LogP contribution in [0, 0.1) is 12.3 Å². The SMILES string of the molecule is C#CCCC(=O)NC1CC1N. The Kier molecular flexibility index (Phi) is 2.50. The van der Waals surface area contributed by atoms with Gasteiger partial charge >= 0.3 is 0 Å². The molecule has 0 aromatic carbocycles. The summed E-state index contributed by atoms with van der Waals surface area (Å²) in [5.74, 6) is 2.43. The van der Waals surface area contributed by atoms with Crippen molar-refractivity contribution in [3.63, 3.8) is 0 Å². The van der Waals surface area contributed by atoms with E-state index in [1.54, 1.807) is 0 Å². The molecule has 0 radical (unpaired) electrons. The van der Waals surface area contributed by atoms with Gasteiger partial charge in [0.2, 0.25) is 5.91 Å². The summed E-state index contributed by atoms with van der Waals surface area (Å²) < 4.78 is 0. The van der Waals surface area contributed by atoms with E-state index in [0.29, 0.717) is 12.8 Å². The van der Waals surface area contributed by atoms with Crippen LogP contribution in [0.25, 0.3) is 0 Å². The summed E-state index contributed by atoms with van der Waals surface area (Å²) in [6.07, 6.45) is 6.82. The van der Waals surface area contributed by atoms with Gasteiger partial charge in [0.05, 0.1) is 0 Å². The lowest BCUT2D eigenvalue weighted by molar-refractivity contribution is -0.121. The molecule has 0 saturated heterocycles. The molecule has 1 saturated carbocycles. The third-order valence-corrected chi connectivity index (χ3v) is 1.68. The Labute approximate surface area is 66.3 Å². The molecule has 11 heavy (non-hydrogen) atoms. The molecule has 0 spiro atoms. The molecular formula is C8H12N2O. The molecule has 1 amide bonds. The zero-order valence-corrected chi connectivity index (χ0v) is 6.34. The van der Waals surface area contributed by atoms with Gasteiger partial charge in [0.15, 0.2) is 0 Å². The number of nitrogens with two attached hydrogens (primary N) is 1. The Morgan fingerprint density at radius 1 is 1.82 bits per heavy atom. The maximum atomic E-state index is 10.9. The van der Waals surface area contributed by atoms with Crippen LogP contribution in [0.1, 0.15) is 19.3 Å². The topological polar surface area (TPSA) is 55.1 Å². The second-order valence-electron chi connectivity index (χ2n) is 2.78. The maximum Gasteiger partial charge on any atom is 0.221 e. The molecule has 0 bridgehead atoms. The Morgan fingerprint density at radius 3 is 2.91 bits per heavy atom. The molecular weight excluding hydrogens is 140 g/mol. The van der Waals surface area contributed by atoms with Gasteiger partial charge in [-0.25, -0.2) is 0 Å². The highest BCUT2D eigenvalue weighted by atomic mass is 16.1. The molecule has 1 rings (SSSR count). The minimum atomic E-state index is 0.0147. The summed E-state index contributed by atoms with van der Waals surface area (Å²) in [6, 6.07) is 0.380. The van der Waals surface area contributed by atoms with E-state index in [9.17, 15) is 4.79 Å². The lowest BCUT2D eigenvalue weighted by Gasteiger charge is -1.99. The molecule has 3 N–H and O–H groups in total. The van der Waals surface area contributed by atoms with Gasteiger partial charge in [-0.05, 0) is 6.42 Å². The molecule has 0 heterocycles. The number of nitrogens with one attached hydrogen (secondary N) is 1. The number of terminal acetylenes is 1.